The third-order valence-electron chi connectivity index (χ3n) is 6.21. The summed E-state index contributed by atoms with van der Waals surface area (Å²) in [6, 6.07) is 5.47. The van der Waals surface area contributed by atoms with E-state index in [1.807, 2.05) is 23.1 Å². The first-order valence-electron chi connectivity index (χ1n) is 9.60. The molecule has 1 aromatic carbocycles. The number of ether oxygens (including phenoxy) is 2. The van der Waals surface area contributed by atoms with Crippen LogP contribution in [0.1, 0.15) is 23.2 Å². The Morgan fingerprint density at radius 3 is 2.27 bits per heavy atom. The Balaban J connectivity index is 1.37. The normalized spacial score (nSPS) is 27.8. The average Bonchev–Trinajstić information content (AvgIpc) is 3.30. The Morgan fingerprint density at radius 1 is 1.04 bits per heavy atom. The van der Waals surface area contributed by atoms with Gasteiger partial charge in [0.1, 0.15) is 17.1 Å². The number of hydrogen-bond donors (Lipinski definition) is 0. The first-order valence-corrected chi connectivity index (χ1v) is 9.60. The fourth-order valence-corrected chi connectivity index (χ4v) is 4.79. The molecule has 0 aromatic heterocycles. The molecule has 3 atom stereocenters. The number of fused-ring (bicyclic) bond motifs is 2. The molecule has 0 unspecified atom stereocenters. The molecule has 5 nitrogen and oxygen atoms in total. The lowest BCUT2D eigenvalue weighted by molar-refractivity contribution is 0.0604. The topological polar surface area (TPSA) is 42.0 Å². The van der Waals surface area contributed by atoms with Crippen molar-refractivity contribution < 1.29 is 14.3 Å². The Bertz CT molecular complexity index is 672. The molecule has 1 amide bonds. The molecule has 0 N–H and O–H groups in total. The largest absolute Gasteiger partial charge is 0.496 e. The molecular weight excluding hydrogens is 328 g/mol. The quantitative estimate of drug-likeness (QED) is 0.761. The van der Waals surface area contributed by atoms with Gasteiger partial charge in [-0.3, -0.25) is 9.69 Å². The van der Waals surface area contributed by atoms with Gasteiger partial charge in [-0.05, 0) is 42.7 Å². The highest BCUT2D eigenvalue weighted by Crippen LogP contribution is 2.43. The number of nitrogens with zero attached hydrogens (tertiary/aromatic N) is 2. The standard InChI is InChI=1S/C21H28N2O3/c1-25-18-4-3-5-19(26-2)20(18)21(24)23-10-8-22(9-11-23)14-17-13-15-6-7-16(17)12-15/h3-7,15-17H,8-14H2,1-2H3/t15-,16+,17+/m0/s1. The molecule has 2 aliphatic carbocycles. The van der Waals surface area contributed by atoms with Crippen LogP contribution in [0.4, 0.5) is 0 Å². The summed E-state index contributed by atoms with van der Waals surface area (Å²) in [6.07, 6.45) is 7.53. The van der Waals surface area contributed by atoms with Gasteiger partial charge in [-0.25, -0.2) is 0 Å². The zero-order valence-electron chi connectivity index (χ0n) is 15.7. The molecule has 5 heteroatoms. The molecule has 1 heterocycles. The highest BCUT2D eigenvalue weighted by atomic mass is 16.5. The molecule has 4 rings (SSSR count). The zero-order chi connectivity index (χ0) is 18.1. The van der Waals surface area contributed by atoms with E-state index in [-0.39, 0.29) is 5.91 Å². The Kier molecular flexibility index (Phi) is 4.90. The number of hydrogen-bond acceptors (Lipinski definition) is 4. The predicted molar refractivity (Wildman–Crippen MR) is 101 cm³/mol. The molecular formula is C21H28N2O3. The first kappa shape index (κ1) is 17.4. The van der Waals surface area contributed by atoms with Crippen molar-refractivity contribution in [3.05, 3.63) is 35.9 Å². The second-order valence-corrected chi connectivity index (χ2v) is 7.67. The van der Waals surface area contributed by atoms with Crippen LogP contribution in [0.25, 0.3) is 0 Å². The minimum atomic E-state index is 0.00167. The minimum absolute atomic E-state index is 0.00167. The number of piperazine rings is 1. The van der Waals surface area contributed by atoms with E-state index < -0.39 is 0 Å². The van der Waals surface area contributed by atoms with E-state index in [1.165, 1.54) is 19.4 Å². The highest BCUT2D eigenvalue weighted by Gasteiger charge is 2.37. The van der Waals surface area contributed by atoms with Crippen molar-refractivity contribution in [1.29, 1.82) is 0 Å². The van der Waals surface area contributed by atoms with E-state index in [9.17, 15) is 4.79 Å². The van der Waals surface area contributed by atoms with Crippen LogP contribution in [0.15, 0.2) is 30.4 Å². The average molecular weight is 356 g/mol. The molecule has 0 spiro atoms. The van der Waals surface area contributed by atoms with Gasteiger partial charge >= 0.3 is 0 Å². The number of carbonyl (C=O) groups excluding carboxylic acids is 1. The maximum Gasteiger partial charge on any atom is 0.261 e. The fraction of sp³-hybridized carbons (Fsp3) is 0.571. The number of benzene rings is 1. The van der Waals surface area contributed by atoms with Crippen LogP contribution in [0, 0.1) is 17.8 Å². The van der Waals surface area contributed by atoms with Gasteiger partial charge < -0.3 is 14.4 Å². The van der Waals surface area contributed by atoms with Gasteiger partial charge in [-0.15, -0.1) is 0 Å². The van der Waals surface area contributed by atoms with E-state index in [0.29, 0.717) is 17.1 Å². The second kappa shape index (κ2) is 7.31. The fourth-order valence-electron chi connectivity index (χ4n) is 4.79. The van der Waals surface area contributed by atoms with Gasteiger partial charge in [-0.2, -0.15) is 0 Å². The summed E-state index contributed by atoms with van der Waals surface area (Å²) in [5.74, 6) is 3.57. The van der Waals surface area contributed by atoms with Gasteiger partial charge in [-0.1, -0.05) is 18.2 Å². The minimum Gasteiger partial charge on any atom is -0.496 e. The van der Waals surface area contributed by atoms with Crippen LogP contribution in [0.2, 0.25) is 0 Å². The van der Waals surface area contributed by atoms with Crippen LogP contribution in [0.3, 0.4) is 0 Å². The number of amides is 1. The van der Waals surface area contributed by atoms with E-state index in [4.69, 9.17) is 9.47 Å². The van der Waals surface area contributed by atoms with Crippen molar-refractivity contribution in [3.63, 3.8) is 0 Å². The van der Waals surface area contributed by atoms with Crippen LogP contribution in [0.5, 0.6) is 11.5 Å². The molecule has 1 aliphatic heterocycles. The van der Waals surface area contributed by atoms with Gasteiger partial charge in [0.05, 0.1) is 14.2 Å². The van der Waals surface area contributed by atoms with Gasteiger partial charge in [0.2, 0.25) is 0 Å². The molecule has 1 saturated heterocycles. The summed E-state index contributed by atoms with van der Waals surface area (Å²) in [5, 5.41) is 0. The lowest BCUT2D eigenvalue weighted by Gasteiger charge is -2.37. The van der Waals surface area contributed by atoms with Crippen LogP contribution < -0.4 is 9.47 Å². The predicted octanol–water partition coefficient (Wildman–Crippen LogP) is 2.67. The second-order valence-electron chi connectivity index (χ2n) is 7.67. The molecule has 1 saturated carbocycles. The Hall–Kier alpha value is -2.01. The number of rotatable bonds is 5. The van der Waals surface area contributed by atoms with Crippen molar-refractivity contribution in [1.82, 2.24) is 9.80 Å². The summed E-state index contributed by atoms with van der Waals surface area (Å²) < 4.78 is 10.8. The van der Waals surface area contributed by atoms with Crippen molar-refractivity contribution in [2.75, 3.05) is 46.9 Å². The monoisotopic (exact) mass is 356 g/mol. The summed E-state index contributed by atoms with van der Waals surface area (Å²) in [5.41, 5.74) is 0.532. The number of carbonyl (C=O) groups is 1. The summed E-state index contributed by atoms with van der Waals surface area (Å²) >= 11 is 0. The lowest BCUT2D eigenvalue weighted by atomic mass is 9.93. The van der Waals surface area contributed by atoms with Gasteiger partial charge in [0.25, 0.3) is 5.91 Å². The Morgan fingerprint density at radius 2 is 1.73 bits per heavy atom. The summed E-state index contributed by atoms with van der Waals surface area (Å²) in [4.78, 5) is 17.5. The zero-order valence-corrected chi connectivity index (χ0v) is 15.7. The van der Waals surface area contributed by atoms with E-state index in [2.05, 4.69) is 17.1 Å². The van der Waals surface area contributed by atoms with Gasteiger partial charge in [0, 0.05) is 32.7 Å². The first-order chi connectivity index (χ1) is 12.7. The van der Waals surface area contributed by atoms with Gasteiger partial charge in [0.15, 0.2) is 0 Å². The third kappa shape index (κ3) is 3.20. The Labute approximate surface area is 155 Å². The maximum absolute atomic E-state index is 13.1. The van der Waals surface area contributed by atoms with Crippen molar-refractivity contribution in [3.8, 4) is 11.5 Å². The molecule has 26 heavy (non-hydrogen) atoms. The maximum atomic E-state index is 13.1. The SMILES string of the molecule is COc1cccc(OC)c1C(=O)N1CCN(C[C@H]2C[C@H]3C=C[C@@H]2C3)CC1. The summed E-state index contributed by atoms with van der Waals surface area (Å²) in [7, 11) is 3.18. The van der Waals surface area contributed by atoms with E-state index in [1.54, 1.807) is 14.2 Å². The molecule has 0 radical (unpaired) electrons. The van der Waals surface area contributed by atoms with Crippen molar-refractivity contribution in [2.24, 2.45) is 17.8 Å². The van der Waals surface area contributed by atoms with Crippen LogP contribution >= 0.6 is 0 Å². The van der Waals surface area contributed by atoms with Crippen molar-refractivity contribution in [2.45, 2.75) is 12.8 Å². The van der Waals surface area contributed by atoms with E-state index in [0.717, 1.165) is 43.9 Å². The van der Waals surface area contributed by atoms with Crippen LogP contribution in [-0.4, -0.2) is 62.7 Å². The van der Waals surface area contributed by atoms with E-state index >= 15 is 0 Å². The molecule has 3 aliphatic rings. The van der Waals surface area contributed by atoms with Crippen LogP contribution in [-0.2, 0) is 0 Å². The lowest BCUT2D eigenvalue weighted by Crippen LogP contribution is -2.50. The number of allylic oxidation sites excluding steroid dienone is 2. The molecule has 1 aromatic rings. The highest BCUT2D eigenvalue weighted by molar-refractivity contribution is 5.99. The number of methoxy groups -OCH3 is 2. The third-order valence-corrected chi connectivity index (χ3v) is 6.21. The molecule has 2 bridgehead atoms. The smallest absolute Gasteiger partial charge is 0.261 e. The summed E-state index contributed by atoms with van der Waals surface area (Å²) in [6.45, 7) is 4.58. The molecule has 140 valence electrons. The van der Waals surface area contributed by atoms with Crippen molar-refractivity contribution >= 4 is 5.91 Å². The molecule has 2 fully saturated rings.